The van der Waals surface area contributed by atoms with E-state index in [0.29, 0.717) is 24.6 Å². The van der Waals surface area contributed by atoms with Gasteiger partial charge in [-0.3, -0.25) is 9.59 Å². The fourth-order valence-corrected chi connectivity index (χ4v) is 3.81. The number of amides is 2. The average molecular weight is 448 g/mol. The topological polar surface area (TPSA) is 87.5 Å². The third-order valence-electron chi connectivity index (χ3n) is 5.00. The Morgan fingerprint density at radius 3 is 2.39 bits per heavy atom. The summed E-state index contributed by atoms with van der Waals surface area (Å²) in [7, 11) is 0. The lowest BCUT2D eigenvalue weighted by atomic mass is 10.1. The molecule has 1 aromatic carbocycles. The zero-order chi connectivity index (χ0) is 19.5. The van der Waals surface area contributed by atoms with Crippen molar-refractivity contribution in [3.8, 4) is 0 Å². The van der Waals surface area contributed by atoms with E-state index in [0.717, 1.165) is 36.8 Å². The number of halogens is 1. The third kappa shape index (κ3) is 4.01. The molecule has 1 aromatic heterocycles. The van der Waals surface area contributed by atoms with Gasteiger partial charge in [-0.1, -0.05) is 21.0 Å². The van der Waals surface area contributed by atoms with Crippen LogP contribution in [0.15, 0.2) is 28.7 Å². The van der Waals surface area contributed by atoms with Gasteiger partial charge in [-0.05, 0) is 55.2 Å². The molecule has 3 heterocycles. The Balaban J connectivity index is 1.41. The molecule has 0 radical (unpaired) electrons. The summed E-state index contributed by atoms with van der Waals surface area (Å²) < 4.78 is 0.903. The van der Waals surface area contributed by atoms with Gasteiger partial charge >= 0.3 is 0 Å². The fourth-order valence-electron chi connectivity index (χ4n) is 3.55. The minimum Gasteiger partial charge on any atom is -0.338 e. The Kier molecular flexibility index (Phi) is 5.56. The molecular weight excluding hydrogens is 426 g/mol. The number of aromatic nitrogens is 4. The quantitative estimate of drug-likeness (QED) is 0.708. The van der Waals surface area contributed by atoms with Crippen molar-refractivity contribution in [2.24, 2.45) is 0 Å². The van der Waals surface area contributed by atoms with Crippen LogP contribution in [0.4, 0.5) is 5.95 Å². The Bertz CT molecular complexity index is 848. The molecule has 4 rings (SSSR count). The van der Waals surface area contributed by atoms with Gasteiger partial charge in [-0.25, -0.2) is 10.0 Å². The van der Waals surface area contributed by atoms with E-state index in [2.05, 4.69) is 36.2 Å². The van der Waals surface area contributed by atoms with Gasteiger partial charge in [0.2, 0.25) is 0 Å². The van der Waals surface area contributed by atoms with Gasteiger partial charge in [0, 0.05) is 36.2 Å². The summed E-state index contributed by atoms with van der Waals surface area (Å²) in [4.78, 5) is 29.0. The molecule has 2 fully saturated rings. The van der Waals surface area contributed by atoms with Crippen LogP contribution in [0.25, 0.3) is 0 Å². The molecule has 28 heavy (non-hydrogen) atoms. The van der Waals surface area contributed by atoms with Crippen LogP contribution < -0.4 is 4.90 Å². The molecule has 2 saturated heterocycles. The van der Waals surface area contributed by atoms with Crippen molar-refractivity contribution < 1.29 is 9.59 Å². The van der Waals surface area contributed by atoms with Crippen molar-refractivity contribution in [2.75, 3.05) is 31.1 Å². The smallest absolute Gasteiger partial charge is 0.272 e. The lowest BCUT2D eigenvalue weighted by Gasteiger charge is -2.27. The molecule has 2 aliphatic heterocycles. The van der Waals surface area contributed by atoms with Crippen molar-refractivity contribution in [3.05, 3.63) is 34.3 Å². The highest BCUT2D eigenvalue weighted by Gasteiger charge is 2.31. The number of piperidine rings is 1. The van der Waals surface area contributed by atoms with E-state index in [9.17, 15) is 9.59 Å². The molecule has 0 N–H and O–H groups in total. The summed E-state index contributed by atoms with van der Waals surface area (Å²) in [6.45, 7) is 2.83. The first-order valence-corrected chi connectivity index (χ1v) is 10.3. The van der Waals surface area contributed by atoms with E-state index >= 15 is 0 Å². The molecule has 10 heteroatoms. The first-order chi connectivity index (χ1) is 13.6. The van der Waals surface area contributed by atoms with Crippen LogP contribution in [-0.4, -0.2) is 68.2 Å². The molecule has 0 bridgehead atoms. The number of hydrogen-bond acceptors (Lipinski definition) is 6. The van der Waals surface area contributed by atoms with Crippen LogP contribution in [-0.2, 0) is 11.3 Å². The van der Waals surface area contributed by atoms with Crippen molar-refractivity contribution in [2.45, 2.75) is 32.2 Å². The maximum Gasteiger partial charge on any atom is 0.272 e. The minimum absolute atomic E-state index is 0.0367. The molecule has 2 aliphatic rings. The normalized spacial score (nSPS) is 17.2. The maximum absolute atomic E-state index is 12.8. The number of hydrogen-bond donors (Lipinski definition) is 0. The van der Waals surface area contributed by atoms with Gasteiger partial charge in [0.05, 0.1) is 0 Å². The van der Waals surface area contributed by atoms with Gasteiger partial charge < -0.3 is 4.90 Å². The zero-order valence-electron chi connectivity index (χ0n) is 15.5. The summed E-state index contributed by atoms with van der Waals surface area (Å²) in [5, 5.41) is 15.4. The first-order valence-electron chi connectivity index (χ1n) is 9.52. The largest absolute Gasteiger partial charge is 0.338 e. The number of nitrogens with zero attached hydrogens (tertiary/aromatic N) is 7. The molecular formula is C18H22BrN7O2. The molecule has 9 nitrogen and oxygen atoms in total. The van der Waals surface area contributed by atoms with Gasteiger partial charge in [-0.2, -0.15) is 4.80 Å². The number of anilines is 1. The average Bonchev–Trinajstić information content (AvgIpc) is 3.38. The number of tetrazole rings is 1. The first kappa shape index (κ1) is 18.9. The minimum atomic E-state index is -0.217. The highest BCUT2D eigenvalue weighted by molar-refractivity contribution is 9.10. The van der Waals surface area contributed by atoms with E-state index in [1.165, 1.54) is 21.2 Å². The molecule has 148 valence electrons. The molecule has 0 saturated carbocycles. The fraction of sp³-hybridized carbons (Fsp3) is 0.500. The third-order valence-corrected chi connectivity index (χ3v) is 5.53. The van der Waals surface area contributed by atoms with Crippen molar-refractivity contribution in [1.82, 2.24) is 30.2 Å². The maximum atomic E-state index is 12.8. The SMILES string of the molecule is O=C(Cn1nnc(N2CCCCC2)n1)N1CCCN1C(=O)c1ccc(Br)cc1. The van der Waals surface area contributed by atoms with Gasteiger partial charge in [0.25, 0.3) is 17.8 Å². The number of rotatable bonds is 4. The van der Waals surface area contributed by atoms with Crippen LogP contribution in [0.2, 0.25) is 0 Å². The Hall–Kier alpha value is -2.49. The highest BCUT2D eigenvalue weighted by Crippen LogP contribution is 2.18. The lowest BCUT2D eigenvalue weighted by Crippen LogP contribution is -2.46. The summed E-state index contributed by atoms with van der Waals surface area (Å²) in [6, 6.07) is 7.13. The number of hydrazine groups is 1. The summed E-state index contributed by atoms with van der Waals surface area (Å²) >= 11 is 3.37. The van der Waals surface area contributed by atoms with E-state index in [1.807, 2.05) is 12.1 Å². The van der Waals surface area contributed by atoms with Crippen LogP contribution in [0, 0.1) is 0 Å². The van der Waals surface area contributed by atoms with E-state index < -0.39 is 0 Å². The van der Waals surface area contributed by atoms with Gasteiger partial charge in [0.1, 0.15) is 6.54 Å². The Morgan fingerprint density at radius 1 is 0.929 bits per heavy atom. The van der Waals surface area contributed by atoms with Crippen LogP contribution in [0.5, 0.6) is 0 Å². The van der Waals surface area contributed by atoms with E-state index in [1.54, 1.807) is 12.1 Å². The molecule has 0 spiro atoms. The van der Waals surface area contributed by atoms with Gasteiger partial charge in [0.15, 0.2) is 0 Å². The van der Waals surface area contributed by atoms with Crippen LogP contribution >= 0.6 is 15.9 Å². The second kappa shape index (κ2) is 8.26. The van der Waals surface area contributed by atoms with Crippen molar-refractivity contribution in [3.63, 3.8) is 0 Å². The van der Waals surface area contributed by atoms with Crippen molar-refractivity contribution >= 4 is 33.7 Å². The number of benzene rings is 1. The molecule has 0 unspecified atom stereocenters. The molecule has 2 aromatic rings. The van der Waals surface area contributed by atoms with Gasteiger partial charge in [-0.15, -0.1) is 5.10 Å². The van der Waals surface area contributed by atoms with E-state index in [4.69, 9.17) is 0 Å². The van der Waals surface area contributed by atoms with Crippen LogP contribution in [0.1, 0.15) is 36.0 Å². The highest BCUT2D eigenvalue weighted by atomic mass is 79.9. The predicted molar refractivity (Wildman–Crippen MR) is 105 cm³/mol. The molecule has 2 amide bonds. The number of carbonyl (C=O) groups is 2. The summed E-state index contributed by atoms with van der Waals surface area (Å²) in [6.07, 6.45) is 4.21. The van der Waals surface area contributed by atoms with E-state index in [-0.39, 0.29) is 18.4 Å². The Labute approximate surface area is 171 Å². The standard InChI is InChI=1S/C18H22BrN7O2/c19-15-7-5-14(6-8-15)17(28)25-12-4-11-24(25)16(27)13-26-21-18(20-22-26)23-9-2-1-3-10-23/h5-8H,1-4,9-13H2. The molecule has 0 atom stereocenters. The zero-order valence-corrected chi connectivity index (χ0v) is 17.1. The molecule has 0 aliphatic carbocycles. The number of carbonyl (C=O) groups excluding carboxylic acids is 2. The predicted octanol–water partition coefficient (Wildman–Crippen LogP) is 1.72. The second-order valence-electron chi connectivity index (χ2n) is 6.97. The summed E-state index contributed by atoms with van der Waals surface area (Å²) in [5.41, 5.74) is 0.550. The second-order valence-corrected chi connectivity index (χ2v) is 7.89. The lowest BCUT2D eigenvalue weighted by molar-refractivity contribution is -0.141. The van der Waals surface area contributed by atoms with Crippen molar-refractivity contribution in [1.29, 1.82) is 0 Å². The monoisotopic (exact) mass is 447 g/mol. The summed E-state index contributed by atoms with van der Waals surface area (Å²) in [5.74, 6) is 0.168. The van der Waals surface area contributed by atoms with Crippen LogP contribution in [0.3, 0.4) is 0 Å². The Morgan fingerprint density at radius 2 is 1.64 bits per heavy atom.